The normalized spacial score (nSPS) is 12.4. The Labute approximate surface area is 106 Å². The van der Waals surface area contributed by atoms with Crippen LogP contribution in [0.1, 0.15) is 26.7 Å². The molecule has 1 N–H and O–H groups in total. The van der Waals surface area contributed by atoms with E-state index in [0.717, 1.165) is 6.26 Å². The summed E-state index contributed by atoms with van der Waals surface area (Å²) in [5.74, 6) is 0.0926. The minimum absolute atomic E-state index is 0.0923. The standard InChI is InChI=1S/C10H17N3O4S/c1-10(2,3)8(14)11-6-5-7-12-13-9(17-7)18(4,15)16/h5-6H2,1-4H3,(H,11,14). The summed E-state index contributed by atoms with van der Waals surface area (Å²) >= 11 is 0. The van der Waals surface area contributed by atoms with Crippen molar-refractivity contribution < 1.29 is 17.6 Å². The zero-order chi connectivity index (χ0) is 14.0. The summed E-state index contributed by atoms with van der Waals surface area (Å²) < 4.78 is 27.1. The smallest absolute Gasteiger partial charge is 0.335 e. The first-order valence-electron chi connectivity index (χ1n) is 5.41. The van der Waals surface area contributed by atoms with Crippen molar-refractivity contribution >= 4 is 15.7 Å². The van der Waals surface area contributed by atoms with Crippen LogP contribution in [0.4, 0.5) is 0 Å². The topological polar surface area (TPSA) is 102 Å². The molecule has 0 saturated heterocycles. The second-order valence-corrected chi connectivity index (χ2v) is 6.88. The number of amides is 1. The lowest BCUT2D eigenvalue weighted by molar-refractivity contribution is -0.128. The van der Waals surface area contributed by atoms with Gasteiger partial charge in [0.2, 0.25) is 21.6 Å². The quantitative estimate of drug-likeness (QED) is 0.840. The van der Waals surface area contributed by atoms with Crippen LogP contribution < -0.4 is 5.32 Å². The fourth-order valence-corrected chi connectivity index (χ4v) is 1.47. The zero-order valence-electron chi connectivity index (χ0n) is 10.8. The van der Waals surface area contributed by atoms with Gasteiger partial charge in [-0.2, -0.15) is 0 Å². The van der Waals surface area contributed by atoms with Gasteiger partial charge in [0.15, 0.2) is 0 Å². The number of sulfone groups is 1. The largest absolute Gasteiger partial charge is 0.412 e. The van der Waals surface area contributed by atoms with Crippen LogP contribution in [0.5, 0.6) is 0 Å². The summed E-state index contributed by atoms with van der Waals surface area (Å²) in [7, 11) is -3.47. The lowest BCUT2D eigenvalue weighted by Gasteiger charge is -2.16. The summed E-state index contributed by atoms with van der Waals surface area (Å²) in [6.07, 6.45) is 1.29. The highest BCUT2D eigenvalue weighted by Gasteiger charge is 2.21. The molecule has 0 atom stereocenters. The molecule has 0 aliphatic heterocycles. The van der Waals surface area contributed by atoms with Crippen molar-refractivity contribution in [2.24, 2.45) is 5.41 Å². The van der Waals surface area contributed by atoms with Gasteiger partial charge in [0.25, 0.3) is 0 Å². The molecular formula is C10H17N3O4S. The van der Waals surface area contributed by atoms with Gasteiger partial charge in [0, 0.05) is 24.6 Å². The van der Waals surface area contributed by atoms with Crippen LogP contribution >= 0.6 is 0 Å². The molecule has 0 radical (unpaired) electrons. The molecular weight excluding hydrogens is 258 g/mol. The first-order chi connectivity index (χ1) is 8.10. The summed E-state index contributed by atoms with van der Waals surface area (Å²) in [5, 5.41) is 9.31. The van der Waals surface area contributed by atoms with Gasteiger partial charge in [0.1, 0.15) is 0 Å². The van der Waals surface area contributed by atoms with Gasteiger partial charge in [-0.05, 0) is 0 Å². The average molecular weight is 275 g/mol. The first kappa shape index (κ1) is 14.6. The van der Waals surface area contributed by atoms with E-state index in [1.807, 2.05) is 0 Å². The van der Waals surface area contributed by atoms with Gasteiger partial charge < -0.3 is 9.73 Å². The monoisotopic (exact) mass is 275 g/mol. The molecule has 18 heavy (non-hydrogen) atoms. The molecule has 1 rings (SSSR count). The number of carbonyl (C=O) groups is 1. The Morgan fingerprint density at radius 1 is 1.33 bits per heavy atom. The fourth-order valence-electron chi connectivity index (χ4n) is 1.04. The van der Waals surface area contributed by atoms with E-state index in [4.69, 9.17) is 4.42 Å². The molecule has 7 nitrogen and oxygen atoms in total. The van der Waals surface area contributed by atoms with E-state index in [-0.39, 0.29) is 11.8 Å². The van der Waals surface area contributed by atoms with Gasteiger partial charge in [-0.15, -0.1) is 5.10 Å². The Balaban J connectivity index is 2.51. The van der Waals surface area contributed by atoms with Crippen molar-refractivity contribution in [2.45, 2.75) is 32.4 Å². The molecule has 8 heteroatoms. The van der Waals surface area contributed by atoms with E-state index in [2.05, 4.69) is 15.5 Å². The number of nitrogens with zero attached hydrogens (tertiary/aromatic N) is 2. The minimum Gasteiger partial charge on any atom is -0.412 e. The van der Waals surface area contributed by atoms with Crippen LogP contribution in [0.15, 0.2) is 9.64 Å². The van der Waals surface area contributed by atoms with Gasteiger partial charge in [-0.1, -0.05) is 25.9 Å². The molecule has 102 valence electrons. The molecule has 0 saturated carbocycles. The lowest BCUT2D eigenvalue weighted by Crippen LogP contribution is -2.35. The number of nitrogens with one attached hydrogen (secondary N) is 1. The molecule has 1 aromatic heterocycles. The highest BCUT2D eigenvalue weighted by atomic mass is 32.2. The van der Waals surface area contributed by atoms with Crippen LogP contribution in [-0.4, -0.2) is 37.3 Å². The van der Waals surface area contributed by atoms with Crippen LogP contribution in [0.3, 0.4) is 0 Å². The number of hydrogen-bond donors (Lipinski definition) is 1. The lowest BCUT2D eigenvalue weighted by atomic mass is 9.96. The Bertz CT molecular complexity index is 528. The average Bonchev–Trinajstić information content (AvgIpc) is 2.64. The summed E-state index contributed by atoms with van der Waals surface area (Å²) in [6, 6.07) is 0. The number of rotatable bonds is 4. The van der Waals surface area contributed by atoms with Crippen molar-refractivity contribution in [3.8, 4) is 0 Å². The maximum absolute atomic E-state index is 11.5. The highest BCUT2D eigenvalue weighted by Crippen LogP contribution is 2.12. The van der Waals surface area contributed by atoms with E-state index in [9.17, 15) is 13.2 Å². The summed E-state index contributed by atoms with van der Waals surface area (Å²) in [5.41, 5.74) is -0.466. The minimum atomic E-state index is -3.47. The van der Waals surface area contributed by atoms with E-state index in [1.54, 1.807) is 20.8 Å². The third-order valence-electron chi connectivity index (χ3n) is 2.07. The summed E-state index contributed by atoms with van der Waals surface area (Å²) in [6.45, 7) is 5.73. The van der Waals surface area contributed by atoms with E-state index in [0.29, 0.717) is 13.0 Å². The number of carbonyl (C=O) groups excluding carboxylic acids is 1. The van der Waals surface area contributed by atoms with Crippen LogP contribution in [0, 0.1) is 5.41 Å². The first-order valence-corrected chi connectivity index (χ1v) is 7.30. The van der Waals surface area contributed by atoms with Gasteiger partial charge in [-0.25, -0.2) is 8.42 Å². The SMILES string of the molecule is CC(C)(C)C(=O)NCCc1nnc(S(C)(=O)=O)o1. The molecule has 0 fully saturated rings. The van der Waals surface area contributed by atoms with Gasteiger partial charge >= 0.3 is 5.22 Å². The molecule has 1 heterocycles. The van der Waals surface area contributed by atoms with Gasteiger partial charge in [-0.3, -0.25) is 4.79 Å². The Kier molecular flexibility index (Phi) is 4.10. The van der Waals surface area contributed by atoms with E-state index in [1.165, 1.54) is 0 Å². The van der Waals surface area contributed by atoms with E-state index >= 15 is 0 Å². The maximum atomic E-state index is 11.5. The second kappa shape index (κ2) is 5.05. The molecule has 0 aliphatic carbocycles. The number of aromatic nitrogens is 2. The fraction of sp³-hybridized carbons (Fsp3) is 0.700. The molecule has 0 aliphatic rings. The summed E-state index contributed by atoms with van der Waals surface area (Å²) in [4.78, 5) is 11.5. The third kappa shape index (κ3) is 4.10. The Hall–Kier alpha value is -1.44. The molecule has 0 bridgehead atoms. The van der Waals surface area contributed by atoms with Crippen molar-refractivity contribution in [3.05, 3.63) is 5.89 Å². The predicted octanol–water partition coefficient (Wildman–Crippen LogP) is 0.178. The van der Waals surface area contributed by atoms with Crippen molar-refractivity contribution in [1.82, 2.24) is 15.5 Å². The predicted molar refractivity (Wildman–Crippen MR) is 63.6 cm³/mol. The van der Waals surface area contributed by atoms with Crippen LogP contribution in [-0.2, 0) is 21.1 Å². The molecule has 0 spiro atoms. The zero-order valence-corrected chi connectivity index (χ0v) is 11.7. The molecule has 1 aromatic rings. The maximum Gasteiger partial charge on any atom is 0.335 e. The third-order valence-corrected chi connectivity index (χ3v) is 2.87. The van der Waals surface area contributed by atoms with Crippen LogP contribution in [0.2, 0.25) is 0 Å². The molecule has 0 unspecified atom stereocenters. The Morgan fingerprint density at radius 3 is 2.39 bits per heavy atom. The van der Waals surface area contributed by atoms with Crippen molar-refractivity contribution in [2.75, 3.05) is 12.8 Å². The van der Waals surface area contributed by atoms with E-state index < -0.39 is 20.5 Å². The Morgan fingerprint density at radius 2 is 1.94 bits per heavy atom. The highest BCUT2D eigenvalue weighted by molar-refractivity contribution is 7.90. The van der Waals surface area contributed by atoms with Crippen molar-refractivity contribution in [1.29, 1.82) is 0 Å². The second-order valence-electron chi connectivity index (χ2n) is 4.99. The van der Waals surface area contributed by atoms with Crippen molar-refractivity contribution in [3.63, 3.8) is 0 Å². The number of hydrogen-bond acceptors (Lipinski definition) is 6. The molecule has 0 aromatic carbocycles. The van der Waals surface area contributed by atoms with Crippen LogP contribution in [0.25, 0.3) is 0 Å². The molecule has 1 amide bonds. The van der Waals surface area contributed by atoms with Gasteiger partial charge in [0.05, 0.1) is 0 Å².